The number of hydrogen-bond acceptors (Lipinski definition) is 5. The summed E-state index contributed by atoms with van der Waals surface area (Å²) in [7, 11) is 0. The van der Waals surface area contributed by atoms with E-state index in [0.717, 1.165) is 38.2 Å². The molecule has 0 bridgehead atoms. The number of halogens is 3. The van der Waals surface area contributed by atoms with E-state index in [1.807, 2.05) is 0 Å². The van der Waals surface area contributed by atoms with Gasteiger partial charge in [-0.15, -0.1) is 0 Å². The normalized spacial score (nSPS) is 15.9. The zero-order chi connectivity index (χ0) is 21.7. The molecule has 0 aliphatic heterocycles. The van der Waals surface area contributed by atoms with E-state index < -0.39 is 29.8 Å². The van der Waals surface area contributed by atoms with E-state index in [4.69, 9.17) is 4.74 Å². The summed E-state index contributed by atoms with van der Waals surface area (Å²) in [6, 6.07) is 0.672. The third-order valence-electron chi connectivity index (χ3n) is 5.07. The van der Waals surface area contributed by atoms with Crippen LogP contribution in [0.1, 0.15) is 50.8 Å². The van der Waals surface area contributed by atoms with E-state index in [1.165, 1.54) is 21.5 Å². The summed E-state index contributed by atoms with van der Waals surface area (Å²) in [5, 5.41) is 6.74. The summed E-state index contributed by atoms with van der Waals surface area (Å²) in [5.74, 6) is -0.471. The zero-order valence-electron chi connectivity index (χ0n) is 16.6. The van der Waals surface area contributed by atoms with Crippen LogP contribution < -0.4 is 5.32 Å². The number of amides is 1. The molecule has 3 rings (SSSR count). The smallest absolute Gasteiger partial charge is 0.434 e. The maximum Gasteiger partial charge on any atom is 0.434 e. The number of carbonyl (C=O) groups excluding carboxylic acids is 2. The highest BCUT2D eigenvalue weighted by molar-refractivity contribution is 5.92. The fraction of sp³-hybridized carbons (Fsp3) is 0.579. The first-order valence-corrected chi connectivity index (χ1v) is 9.87. The average Bonchev–Trinajstić information content (AvgIpc) is 3.41. The van der Waals surface area contributed by atoms with E-state index in [-0.39, 0.29) is 24.9 Å². The quantitative estimate of drug-likeness (QED) is 0.652. The lowest BCUT2D eigenvalue weighted by molar-refractivity contribution is -0.144. The fourth-order valence-corrected chi connectivity index (χ4v) is 3.64. The van der Waals surface area contributed by atoms with Crippen molar-refractivity contribution >= 4 is 17.7 Å². The molecule has 1 aliphatic carbocycles. The second kappa shape index (κ2) is 9.31. The minimum atomic E-state index is -4.58. The van der Waals surface area contributed by atoms with Gasteiger partial charge in [0.25, 0.3) is 0 Å². The molecule has 2 aromatic heterocycles. The number of rotatable bonds is 8. The third kappa shape index (κ3) is 5.61. The van der Waals surface area contributed by atoms with Crippen LogP contribution in [0.2, 0.25) is 0 Å². The number of alkyl halides is 3. The molecule has 0 spiro atoms. The third-order valence-corrected chi connectivity index (χ3v) is 5.07. The highest BCUT2D eigenvalue weighted by Crippen LogP contribution is 2.34. The highest BCUT2D eigenvalue weighted by Gasteiger charge is 2.35. The van der Waals surface area contributed by atoms with Crippen LogP contribution >= 0.6 is 0 Å². The van der Waals surface area contributed by atoms with Crippen molar-refractivity contribution in [2.45, 2.75) is 57.8 Å². The summed E-state index contributed by atoms with van der Waals surface area (Å²) >= 11 is 0. The number of ether oxygens (including phenoxy) is 1. The van der Waals surface area contributed by atoms with Gasteiger partial charge in [-0.2, -0.15) is 18.3 Å². The van der Waals surface area contributed by atoms with Gasteiger partial charge in [0.05, 0.1) is 12.9 Å². The van der Waals surface area contributed by atoms with Crippen LogP contribution in [0.15, 0.2) is 24.8 Å². The van der Waals surface area contributed by atoms with Gasteiger partial charge >= 0.3 is 12.1 Å². The summed E-state index contributed by atoms with van der Waals surface area (Å²) < 4.78 is 46.2. The minimum absolute atomic E-state index is 0.105. The molecule has 1 N–H and O–H groups in total. The van der Waals surface area contributed by atoms with Gasteiger partial charge in [-0.05, 0) is 19.3 Å². The van der Waals surface area contributed by atoms with Gasteiger partial charge in [0.1, 0.15) is 12.6 Å². The van der Waals surface area contributed by atoms with Crippen molar-refractivity contribution in [3.8, 4) is 0 Å². The molecule has 1 saturated carbocycles. The number of aromatic nitrogens is 4. The topological polar surface area (TPSA) is 91.0 Å². The van der Waals surface area contributed by atoms with Crippen molar-refractivity contribution in [1.82, 2.24) is 19.3 Å². The molecule has 0 radical (unpaired) electrons. The van der Waals surface area contributed by atoms with Crippen molar-refractivity contribution in [2.75, 3.05) is 11.9 Å². The predicted molar refractivity (Wildman–Crippen MR) is 100 cm³/mol. The monoisotopic (exact) mass is 427 g/mol. The van der Waals surface area contributed by atoms with Gasteiger partial charge in [-0.1, -0.05) is 25.7 Å². The van der Waals surface area contributed by atoms with E-state index >= 15 is 0 Å². The second-order valence-electron chi connectivity index (χ2n) is 7.30. The maximum atomic E-state index is 13.0. The molecule has 164 valence electrons. The van der Waals surface area contributed by atoms with Gasteiger partial charge in [-0.25, -0.2) is 4.98 Å². The lowest BCUT2D eigenvalue weighted by atomic mass is 9.97. The van der Waals surface area contributed by atoms with E-state index in [2.05, 4.69) is 15.4 Å². The number of nitrogens with one attached hydrogen (secondary N) is 1. The first-order chi connectivity index (χ1) is 14.3. The minimum Gasteiger partial charge on any atom is -0.465 e. The molecular formula is C19H24F3N5O3. The predicted octanol–water partition coefficient (Wildman–Crippen LogP) is 3.42. The number of esters is 1. The first-order valence-electron chi connectivity index (χ1n) is 9.87. The van der Waals surface area contributed by atoms with Gasteiger partial charge < -0.3 is 14.6 Å². The summed E-state index contributed by atoms with van der Waals surface area (Å²) in [6.07, 6.45) is 3.24. The van der Waals surface area contributed by atoms with E-state index in [9.17, 15) is 22.8 Å². The van der Waals surface area contributed by atoms with Crippen LogP contribution in [0.3, 0.4) is 0 Å². The van der Waals surface area contributed by atoms with E-state index in [1.54, 1.807) is 6.92 Å². The standard InChI is InChI=1S/C19H24F3N5O3/c1-2-30-17(28)11-27-8-7-16(25-27)24-18(29)14(9-13-5-3-4-6-13)26-10-15(23-12-26)19(20,21)22/h7-8,10,12-14H,2-6,9,11H2,1H3,(H,24,25,29)/t14-/m0/s1. The molecule has 0 aromatic carbocycles. The van der Waals surface area contributed by atoms with Crippen molar-refractivity contribution in [1.29, 1.82) is 0 Å². The summed E-state index contributed by atoms with van der Waals surface area (Å²) in [4.78, 5) is 27.9. The number of anilines is 1. The average molecular weight is 427 g/mol. The van der Waals surface area contributed by atoms with Crippen molar-refractivity contribution in [2.24, 2.45) is 5.92 Å². The molecule has 0 saturated heterocycles. The summed E-state index contributed by atoms with van der Waals surface area (Å²) in [5.41, 5.74) is -1.04. The molecule has 1 fully saturated rings. The van der Waals surface area contributed by atoms with Crippen molar-refractivity contribution in [3.63, 3.8) is 0 Å². The Labute approximate surface area is 171 Å². The van der Waals surface area contributed by atoms with Gasteiger partial charge in [0.15, 0.2) is 11.5 Å². The van der Waals surface area contributed by atoms with Crippen LogP contribution in [-0.2, 0) is 27.0 Å². The number of imidazole rings is 1. The Morgan fingerprint density at radius 2 is 2.07 bits per heavy atom. The largest absolute Gasteiger partial charge is 0.465 e. The second-order valence-corrected chi connectivity index (χ2v) is 7.30. The maximum absolute atomic E-state index is 13.0. The molecule has 2 heterocycles. The van der Waals surface area contributed by atoms with Crippen LogP contribution in [0.25, 0.3) is 0 Å². The lowest BCUT2D eigenvalue weighted by Crippen LogP contribution is -2.27. The van der Waals surface area contributed by atoms with Crippen LogP contribution in [0, 0.1) is 5.92 Å². The Morgan fingerprint density at radius 3 is 2.70 bits per heavy atom. The first kappa shape index (κ1) is 21.8. The highest BCUT2D eigenvalue weighted by atomic mass is 19.4. The zero-order valence-corrected chi connectivity index (χ0v) is 16.6. The molecule has 8 nitrogen and oxygen atoms in total. The lowest BCUT2D eigenvalue weighted by Gasteiger charge is -2.21. The molecule has 1 aliphatic rings. The van der Waals surface area contributed by atoms with Gasteiger partial charge in [0.2, 0.25) is 5.91 Å². The molecule has 30 heavy (non-hydrogen) atoms. The van der Waals surface area contributed by atoms with E-state index in [0.29, 0.717) is 6.42 Å². The molecule has 1 amide bonds. The summed E-state index contributed by atoms with van der Waals surface area (Å²) in [6.45, 7) is 1.83. The van der Waals surface area contributed by atoms with Crippen LogP contribution in [-0.4, -0.2) is 37.8 Å². The number of carbonyl (C=O) groups is 2. The molecule has 1 atom stereocenters. The Bertz CT molecular complexity index is 871. The molecule has 11 heteroatoms. The molecule has 0 unspecified atom stereocenters. The Hall–Kier alpha value is -2.85. The van der Waals surface area contributed by atoms with Gasteiger partial charge in [0, 0.05) is 18.5 Å². The van der Waals surface area contributed by atoms with Crippen LogP contribution in [0.5, 0.6) is 0 Å². The molecule has 2 aromatic rings. The van der Waals surface area contributed by atoms with Crippen LogP contribution in [0.4, 0.5) is 19.0 Å². The molecular weight excluding hydrogens is 403 g/mol. The van der Waals surface area contributed by atoms with Crippen molar-refractivity contribution < 1.29 is 27.5 Å². The SMILES string of the molecule is CCOC(=O)Cn1ccc(NC(=O)[C@H](CC2CCCC2)n2cnc(C(F)(F)F)c2)n1. The number of nitrogens with zero attached hydrogens (tertiary/aromatic N) is 4. The fourth-order valence-electron chi connectivity index (χ4n) is 3.64. The Balaban J connectivity index is 1.73. The van der Waals surface area contributed by atoms with Gasteiger partial charge in [-0.3, -0.25) is 14.3 Å². The Morgan fingerprint density at radius 1 is 1.33 bits per heavy atom. The Kier molecular flexibility index (Phi) is 6.78. The number of hydrogen-bond donors (Lipinski definition) is 1. The van der Waals surface area contributed by atoms with Crippen molar-refractivity contribution in [3.05, 3.63) is 30.5 Å².